The van der Waals surface area contributed by atoms with Crippen LogP contribution in [-0.4, -0.2) is 63.2 Å². The molecule has 0 saturated carbocycles. The van der Waals surface area contributed by atoms with Gasteiger partial charge in [0.2, 0.25) is 0 Å². The van der Waals surface area contributed by atoms with Gasteiger partial charge in [-0.3, -0.25) is 4.79 Å². The summed E-state index contributed by atoms with van der Waals surface area (Å²) in [6.07, 6.45) is 14.0. The number of unbranched alkanes of at least 4 members (excludes halogenated alkanes) is 10. The molecule has 7 nitrogen and oxygen atoms in total. The molecule has 8 heteroatoms. The number of rotatable bonds is 26. The topological polar surface area (TPSA) is 86.3 Å². The van der Waals surface area contributed by atoms with Crippen molar-refractivity contribution in [2.24, 2.45) is 17.8 Å². The van der Waals surface area contributed by atoms with Gasteiger partial charge in [-0.25, -0.2) is 0 Å². The second-order valence-corrected chi connectivity index (χ2v) is 25.6. The van der Waals surface area contributed by atoms with Crippen LogP contribution in [0, 0.1) is 160 Å². The quantitative estimate of drug-likeness (QED) is 0.0360. The third-order valence-corrected chi connectivity index (χ3v) is 19.3. The van der Waals surface area contributed by atoms with Crippen molar-refractivity contribution in [1.82, 2.24) is 5.32 Å². The Hall–Kier alpha value is -8.39. The second-order valence-electron chi connectivity index (χ2n) is 21.3. The number of aliphatic hydroxyl groups excluding tert-OH is 1. The first-order valence-electron chi connectivity index (χ1n) is 29.2. The fraction of sp³-hybridized carbons (Fsp3) is 0.408. The van der Waals surface area contributed by atoms with Crippen LogP contribution in [0.5, 0.6) is 0 Å². The Balaban J connectivity index is -0.000000166. The predicted molar refractivity (Wildman–Crippen MR) is 394 cm³/mol. The molecule has 2 unspecified atom stereocenters. The molecule has 3 aromatic carbocycles. The first kappa shape index (κ1) is 68.1. The minimum atomic E-state index is -2.89. The smallest absolute Gasteiger partial charge is 0.297 e. The molecule has 1 aliphatic heterocycles. The Bertz CT molecular complexity index is 3430. The van der Waals surface area contributed by atoms with Crippen LogP contribution in [0.3, 0.4) is 0 Å². The van der Waals surface area contributed by atoms with E-state index in [-0.39, 0.29) is 76.3 Å². The average Bonchev–Trinajstić information content (AvgIpc) is 0.747. The van der Waals surface area contributed by atoms with Crippen molar-refractivity contribution < 1.29 is 62.8 Å². The van der Waals surface area contributed by atoms with Crippen molar-refractivity contribution in [2.45, 2.75) is 168 Å². The van der Waals surface area contributed by atoms with Gasteiger partial charge in [0, 0.05) is 81.6 Å². The molecule has 1 heterocycles. The molecular formula is C76H127NO6Si. The molecule has 0 radical (unpaired) electrons. The largest absolute Gasteiger partial charge is 0.405 e. The number of amides is 1. The highest BCUT2D eigenvalue weighted by atomic mass is 28.4. The van der Waals surface area contributed by atoms with E-state index in [2.05, 4.69) is 244 Å². The molecule has 476 valence electrons. The summed E-state index contributed by atoms with van der Waals surface area (Å²) in [6, 6.07) is 30.1. The van der Waals surface area contributed by atoms with Crippen LogP contribution < -0.4 is 15.7 Å². The minimum absolute atomic E-state index is 0. The lowest BCUT2D eigenvalue weighted by atomic mass is 9.79. The minimum Gasteiger partial charge on any atom is -0.405 e. The maximum Gasteiger partial charge on any atom is 0.297 e. The van der Waals surface area contributed by atoms with Crippen LogP contribution in [0.15, 0.2) is 103 Å². The van der Waals surface area contributed by atoms with Crippen molar-refractivity contribution in [3.05, 3.63) is 109 Å². The Morgan fingerprint density at radius 3 is 1.52 bits per heavy atom. The summed E-state index contributed by atoms with van der Waals surface area (Å²) in [5.74, 6) is 61.2. The first-order valence-corrected chi connectivity index (χ1v) is 31.1. The van der Waals surface area contributed by atoms with Crippen molar-refractivity contribution in [3.8, 4) is 142 Å². The molecule has 84 heavy (non-hydrogen) atoms. The summed E-state index contributed by atoms with van der Waals surface area (Å²) in [5.41, 5.74) is 0.909. The number of carbonyl (C=O) groups is 1. The van der Waals surface area contributed by atoms with Gasteiger partial charge < -0.3 is 29.1 Å². The van der Waals surface area contributed by atoms with Crippen LogP contribution in [0.25, 0.3) is 0 Å². The van der Waals surface area contributed by atoms with E-state index in [4.69, 9.17) is 18.6 Å². The van der Waals surface area contributed by atoms with Gasteiger partial charge in [0.15, 0.2) is 6.29 Å². The van der Waals surface area contributed by atoms with E-state index in [9.17, 15) is 9.90 Å². The zero-order chi connectivity index (χ0) is 60.4. The summed E-state index contributed by atoms with van der Waals surface area (Å²) in [6.45, 7) is 17.8. The highest BCUT2D eigenvalue weighted by Crippen LogP contribution is 2.40. The summed E-state index contributed by atoms with van der Waals surface area (Å²) < 4.78 is 27.8. The van der Waals surface area contributed by atoms with Crippen molar-refractivity contribution >= 4 is 24.6 Å². The number of nitrogens with one attached hydrogen (secondary N) is 1. The van der Waals surface area contributed by atoms with Gasteiger partial charge in [-0.05, 0) is 147 Å². The lowest BCUT2D eigenvalue weighted by molar-refractivity contribution is -0.257. The summed E-state index contributed by atoms with van der Waals surface area (Å²) in [4.78, 5) is 13.8. The van der Waals surface area contributed by atoms with E-state index in [1.165, 1.54) is 61.7 Å². The molecule has 1 aliphatic rings. The van der Waals surface area contributed by atoms with Crippen molar-refractivity contribution in [1.29, 1.82) is 0 Å². The summed E-state index contributed by atoms with van der Waals surface area (Å²) in [5, 5.41) is 17.2. The SMILES string of the molecule is CC#CC#CC#CC#CC#CC#CC#CC#CC#CC#CC#CC#CC(=O)N[C@@H](CO[C@H]1OC(CO[Si](c2ccccc2)(c2ccccc2)C(C)(C)C)[C@H](C)[C@H](C)C1C)[C@H](OCc1ccccc1)[C@H](O)C=CCCCCCCCCCCCC.[HH].[HH].[HH].[HH].[HH].[HH].[HH].[HH].[HH].[HH].[HH].[HH].[HH].[HH].[HH].[HH].[HH].[HH].[HH].[HH].[HH].[HH].[HH].[HH]. The summed E-state index contributed by atoms with van der Waals surface area (Å²) >= 11 is 0. The zero-order valence-corrected chi connectivity index (χ0v) is 51.3. The molecular weight excluding hydrogens is 1050 g/mol. The van der Waals surface area contributed by atoms with E-state index in [1.807, 2.05) is 48.5 Å². The van der Waals surface area contributed by atoms with Gasteiger partial charge in [-0.15, -0.1) is 0 Å². The van der Waals surface area contributed by atoms with Crippen LogP contribution in [0.2, 0.25) is 5.04 Å². The fourth-order valence-corrected chi connectivity index (χ4v) is 14.1. The number of allylic oxidation sites excluding steroid dienone is 1. The average molecular weight is 1180 g/mol. The molecule has 1 saturated heterocycles. The standard InChI is InChI=1S/C76H79NO6Si.24H2/c1-9-11-13-15-17-19-21-23-24-25-26-27-28-29-30-31-32-33-35-37-39-41-52-60-73(79)77-70(74(80-61-67-53-45-42-46-54-67)71(78)59-51-40-38-36-34-22-20-18-16-14-12-10-2)62-81-75-66(5)64(3)65(4)72(83-75)63-82-84(76(6,7)8,68-55-47-43-48-56-68)69-57-49-44-50-58-69;;;;;;;;;;;;;;;;;;;;;;;;/h42-51,53-59,64-66,70-72,74-75,78H,10,12,14,16,18,20,22,34,36,38,40,61-63H2,1-8H3,(H,77,79);24*1H/t64-,65+,66?,70-,71+,72?,74-,75-;;;;;;;;;;;;;;;;;;;;;;;;/m0......................../s1. The van der Waals surface area contributed by atoms with Crippen LogP contribution in [0.1, 0.15) is 166 Å². The van der Waals surface area contributed by atoms with Gasteiger partial charge >= 0.3 is 0 Å². The Labute approximate surface area is 541 Å². The van der Waals surface area contributed by atoms with E-state index in [0.29, 0.717) is 6.61 Å². The lowest BCUT2D eigenvalue weighted by Gasteiger charge is -2.47. The number of carbonyl (C=O) groups excluding carboxylic acids is 1. The number of aliphatic hydroxyl groups is 1. The molecule has 0 spiro atoms. The van der Waals surface area contributed by atoms with E-state index in [0.717, 1.165) is 24.8 Å². The van der Waals surface area contributed by atoms with E-state index < -0.39 is 38.8 Å². The molecule has 1 fully saturated rings. The van der Waals surface area contributed by atoms with Crippen LogP contribution >= 0.6 is 0 Å². The Morgan fingerprint density at radius 2 is 1.06 bits per heavy atom. The maximum absolute atomic E-state index is 13.8. The normalized spacial score (nSPS) is 16.5. The maximum atomic E-state index is 13.8. The molecule has 0 bridgehead atoms. The molecule has 1 amide bonds. The molecule has 8 atom stereocenters. The molecule has 0 aliphatic carbocycles. The third kappa shape index (κ3) is 25.4. The molecule has 0 aromatic heterocycles. The van der Waals surface area contributed by atoms with Gasteiger partial charge in [-0.1, -0.05) is 215 Å². The van der Waals surface area contributed by atoms with Crippen LogP contribution in [-0.2, 0) is 30.0 Å². The van der Waals surface area contributed by atoms with Crippen LogP contribution in [0.4, 0.5) is 0 Å². The monoisotopic (exact) mass is 1180 g/mol. The van der Waals surface area contributed by atoms with Gasteiger partial charge in [-0.2, -0.15) is 0 Å². The highest BCUT2D eigenvalue weighted by molar-refractivity contribution is 6.99. The highest BCUT2D eigenvalue weighted by Gasteiger charge is 2.51. The first-order chi connectivity index (χ1) is 40.9. The lowest BCUT2D eigenvalue weighted by Crippen LogP contribution is -2.67. The van der Waals surface area contributed by atoms with Gasteiger partial charge in [0.25, 0.3) is 14.2 Å². The number of hydrogen-bond donors (Lipinski definition) is 2. The third-order valence-electron chi connectivity index (χ3n) is 14.3. The summed E-state index contributed by atoms with van der Waals surface area (Å²) in [7, 11) is -2.89. The Morgan fingerprint density at radius 1 is 0.619 bits per heavy atom. The number of hydrogen-bond acceptors (Lipinski definition) is 6. The predicted octanol–water partition coefficient (Wildman–Crippen LogP) is 16.5. The van der Waals surface area contributed by atoms with Gasteiger partial charge in [0.1, 0.15) is 12.2 Å². The fourth-order valence-electron chi connectivity index (χ4n) is 9.55. The second kappa shape index (κ2) is 40.7. The number of benzene rings is 3. The molecule has 2 N–H and O–H groups in total. The van der Waals surface area contributed by atoms with Crippen molar-refractivity contribution in [2.75, 3.05) is 13.2 Å². The van der Waals surface area contributed by atoms with Gasteiger partial charge in [0.05, 0.1) is 32.0 Å². The molecule has 3 aromatic rings. The van der Waals surface area contributed by atoms with E-state index in [1.54, 1.807) is 13.0 Å². The van der Waals surface area contributed by atoms with E-state index >= 15 is 0 Å². The Kier molecular flexibility index (Phi) is 33.0. The number of ether oxygens (including phenoxy) is 3. The van der Waals surface area contributed by atoms with Crippen molar-refractivity contribution in [3.63, 3.8) is 0 Å². The molecule has 4 rings (SSSR count). The zero-order valence-electron chi connectivity index (χ0n) is 50.3.